The molecule has 2 aliphatic rings. The first-order chi connectivity index (χ1) is 13.1. The topological polar surface area (TPSA) is 60.9 Å². The Labute approximate surface area is 163 Å². The Bertz CT molecular complexity index is 1030. The van der Waals surface area contributed by atoms with E-state index >= 15 is 0 Å². The average Bonchev–Trinajstić information content (AvgIpc) is 3.33. The number of halogens is 1. The number of hydrogen-bond acceptors (Lipinski definition) is 2. The number of benzene rings is 2. The van der Waals surface area contributed by atoms with Crippen molar-refractivity contribution in [2.75, 3.05) is 0 Å². The van der Waals surface area contributed by atoms with Crippen LogP contribution in [0.1, 0.15) is 52.5 Å². The fourth-order valence-corrected chi connectivity index (χ4v) is 5.23. The first-order valence-electron chi connectivity index (χ1n) is 9.30. The van der Waals surface area contributed by atoms with E-state index in [9.17, 15) is 4.79 Å². The number of amides is 1. The molecule has 1 heterocycles. The molecule has 2 aromatic carbocycles. The van der Waals surface area contributed by atoms with Gasteiger partial charge in [0.15, 0.2) is 5.69 Å². The summed E-state index contributed by atoms with van der Waals surface area (Å²) in [5.74, 6) is -0.0288. The minimum atomic E-state index is -0.445. The van der Waals surface area contributed by atoms with Gasteiger partial charge in [0.1, 0.15) is 0 Å². The van der Waals surface area contributed by atoms with Crippen LogP contribution in [0.4, 0.5) is 0 Å². The van der Waals surface area contributed by atoms with E-state index in [1.54, 1.807) is 0 Å². The summed E-state index contributed by atoms with van der Waals surface area (Å²) >= 11 is 6.04. The van der Waals surface area contributed by atoms with Crippen LogP contribution < -0.4 is 5.73 Å². The van der Waals surface area contributed by atoms with Gasteiger partial charge < -0.3 is 5.73 Å². The molecular formula is C22H20ClN3O. The zero-order valence-electron chi connectivity index (χ0n) is 14.9. The van der Waals surface area contributed by atoms with E-state index in [4.69, 9.17) is 17.3 Å². The fourth-order valence-electron chi connectivity index (χ4n) is 5.10. The lowest BCUT2D eigenvalue weighted by molar-refractivity contribution is 0.0992. The zero-order valence-corrected chi connectivity index (χ0v) is 15.6. The van der Waals surface area contributed by atoms with E-state index in [0.29, 0.717) is 16.6 Å². The molecule has 5 heteroatoms. The first-order valence-corrected chi connectivity index (χ1v) is 9.68. The van der Waals surface area contributed by atoms with E-state index in [1.165, 1.54) is 5.56 Å². The molecule has 1 saturated carbocycles. The molecule has 136 valence electrons. The number of fused-ring (bicyclic) bond motifs is 5. The molecule has 2 bridgehead atoms. The molecule has 2 aliphatic carbocycles. The van der Waals surface area contributed by atoms with Gasteiger partial charge in [-0.2, -0.15) is 5.10 Å². The Hall–Kier alpha value is -2.59. The molecule has 1 fully saturated rings. The van der Waals surface area contributed by atoms with Gasteiger partial charge in [-0.3, -0.25) is 4.79 Å². The average molecular weight is 378 g/mol. The third kappa shape index (κ3) is 2.51. The van der Waals surface area contributed by atoms with Crippen LogP contribution in [0.3, 0.4) is 0 Å². The van der Waals surface area contributed by atoms with Crippen LogP contribution in [-0.2, 0) is 11.8 Å². The number of nitrogens with two attached hydrogens (primary N) is 1. The van der Waals surface area contributed by atoms with Crippen molar-refractivity contribution in [3.63, 3.8) is 0 Å². The molecule has 0 radical (unpaired) electrons. The monoisotopic (exact) mass is 377 g/mol. The van der Waals surface area contributed by atoms with Gasteiger partial charge in [-0.1, -0.05) is 41.9 Å². The highest BCUT2D eigenvalue weighted by atomic mass is 35.5. The van der Waals surface area contributed by atoms with Crippen molar-refractivity contribution >= 4 is 17.5 Å². The van der Waals surface area contributed by atoms with Crippen LogP contribution in [0.15, 0.2) is 54.6 Å². The molecular weight excluding hydrogens is 358 g/mol. The van der Waals surface area contributed by atoms with Crippen molar-refractivity contribution in [1.29, 1.82) is 0 Å². The third-order valence-corrected chi connectivity index (χ3v) is 6.39. The number of aromatic nitrogens is 2. The SMILES string of the molecule is NC(=O)c1nn(-c2ccc(Cl)cc2)c2c1C1(Cc3ccccc3)CCC2C1. The molecule has 0 aliphatic heterocycles. The normalized spacial score (nSPS) is 22.8. The zero-order chi connectivity index (χ0) is 18.6. The standard InChI is InChI=1S/C22H20ClN3O/c23-16-6-8-17(9-7-16)26-20-15-10-11-22(13-15,12-14-4-2-1-3-5-14)18(20)19(25-26)21(24)27/h1-9,15H,10-13H2,(H2,24,27). The molecule has 5 rings (SSSR count). The minimum absolute atomic E-state index is 0.0452. The van der Waals surface area contributed by atoms with Crippen LogP contribution in [0.25, 0.3) is 5.69 Å². The number of nitrogens with zero attached hydrogens (tertiary/aromatic N) is 2. The summed E-state index contributed by atoms with van der Waals surface area (Å²) in [6, 6.07) is 18.1. The summed E-state index contributed by atoms with van der Waals surface area (Å²) in [6.07, 6.45) is 4.18. The van der Waals surface area contributed by atoms with E-state index in [2.05, 4.69) is 29.4 Å². The van der Waals surface area contributed by atoms with Gasteiger partial charge in [-0.25, -0.2) is 4.68 Å². The number of carbonyl (C=O) groups excluding carboxylic acids is 1. The molecule has 0 spiro atoms. The van der Waals surface area contributed by atoms with Crippen LogP contribution in [0, 0.1) is 0 Å². The summed E-state index contributed by atoms with van der Waals surface area (Å²) in [5, 5.41) is 5.34. The van der Waals surface area contributed by atoms with E-state index < -0.39 is 5.91 Å². The van der Waals surface area contributed by atoms with Crippen LogP contribution in [0.5, 0.6) is 0 Å². The van der Waals surface area contributed by atoms with Gasteiger partial charge in [0.25, 0.3) is 5.91 Å². The predicted molar refractivity (Wildman–Crippen MR) is 106 cm³/mol. The van der Waals surface area contributed by atoms with E-state index in [0.717, 1.165) is 42.6 Å². The van der Waals surface area contributed by atoms with Crippen LogP contribution >= 0.6 is 11.6 Å². The van der Waals surface area contributed by atoms with Crippen molar-refractivity contribution in [2.45, 2.75) is 37.0 Å². The number of hydrogen-bond donors (Lipinski definition) is 1. The smallest absolute Gasteiger partial charge is 0.269 e. The second-order valence-electron chi connectivity index (χ2n) is 7.74. The summed E-state index contributed by atoms with van der Waals surface area (Å²) < 4.78 is 1.92. The van der Waals surface area contributed by atoms with Crippen molar-refractivity contribution in [1.82, 2.24) is 9.78 Å². The highest BCUT2D eigenvalue weighted by Crippen LogP contribution is 2.59. The predicted octanol–water partition coefficient (Wildman–Crippen LogP) is 4.39. The highest BCUT2D eigenvalue weighted by molar-refractivity contribution is 6.30. The number of rotatable bonds is 4. The van der Waals surface area contributed by atoms with Crippen molar-refractivity contribution in [2.24, 2.45) is 5.73 Å². The van der Waals surface area contributed by atoms with E-state index in [1.807, 2.05) is 35.0 Å². The Morgan fingerprint density at radius 1 is 1.19 bits per heavy atom. The summed E-state index contributed by atoms with van der Waals surface area (Å²) in [7, 11) is 0. The molecule has 1 aromatic heterocycles. The molecule has 4 nitrogen and oxygen atoms in total. The maximum atomic E-state index is 12.3. The van der Waals surface area contributed by atoms with Gasteiger partial charge in [0.2, 0.25) is 0 Å². The van der Waals surface area contributed by atoms with Gasteiger partial charge in [-0.15, -0.1) is 0 Å². The van der Waals surface area contributed by atoms with Gasteiger partial charge in [0, 0.05) is 21.9 Å². The molecule has 2 N–H and O–H groups in total. The fraction of sp³-hybridized carbons (Fsp3) is 0.273. The highest BCUT2D eigenvalue weighted by Gasteiger charge is 2.53. The Balaban J connectivity index is 1.67. The molecule has 3 aromatic rings. The quantitative estimate of drug-likeness (QED) is 0.733. The minimum Gasteiger partial charge on any atom is -0.364 e. The summed E-state index contributed by atoms with van der Waals surface area (Å²) in [5.41, 5.74) is 10.6. The van der Waals surface area contributed by atoms with Gasteiger partial charge in [0.05, 0.1) is 11.4 Å². The maximum Gasteiger partial charge on any atom is 0.269 e. The molecule has 2 unspecified atom stereocenters. The lowest BCUT2D eigenvalue weighted by Gasteiger charge is -2.28. The van der Waals surface area contributed by atoms with E-state index in [-0.39, 0.29) is 5.41 Å². The Morgan fingerprint density at radius 3 is 2.63 bits per heavy atom. The van der Waals surface area contributed by atoms with Crippen LogP contribution in [-0.4, -0.2) is 15.7 Å². The number of primary amides is 1. The lowest BCUT2D eigenvalue weighted by atomic mass is 9.75. The molecule has 1 amide bonds. The maximum absolute atomic E-state index is 12.3. The van der Waals surface area contributed by atoms with Gasteiger partial charge in [-0.05, 0) is 55.5 Å². The van der Waals surface area contributed by atoms with Gasteiger partial charge >= 0.3 is 0 Å². The Morgan fingerprint density at radius 2 is 1.93 bits per heavy atom. The first kappa shape index (κ1) is 16.6. The summed E-state index contributed by atoms with van der Waals surface area (Å²) in [4.78, 5) is 12.3. The van der Waals surface area contributed by atoms with Crippen molar-refractivity contribution in [3.8, 4) is 5.69 Å². The molecule has 2 atom stereocenters. The van der Waals surface area contributed by atoms with Crippen molar-refractivity contribution in [3.05, 3.63) is 82.1 Å². The Kier molecular flexibility index (Phi) is 3.66. The second kappa shape index (κ2) is 5.96. The van der Waals surface area contributed by atoms with Crippen molar-refractivity contribution < 1.29 is 4.79 Å². The number of carbonyl (C=O) groups is 1. The summed E-state index contributed by atoms with van der Waals surface area (Å²) in [6.45, 7) is 0. The molecule has 0 saturated heterocycles. The van der Waals surface area contributed by atoms with Crippen LogP contribution in [0.2, 0.25) is 5.02 Å². The second-order valence-corrected chi connectivity index (χ2v) is 8.18. The lowest BCUT2D eigenvalue weighted by Crippen LogP contribution is -2.27. The third-order valence-electron chi connectivity index (χ3n) is 6.14. The largest absolute Gasteiger partial charge is 0.364 e. The molecule has 27 heavy (non-hydrogen) atoms.